The number of benzene rings is 2. The second-order valence-corrected chi connectivity index (χ2v) is 6.56. The van der Waals surface area contributed by atoms with Crippen LogP contribution in [0.1, 0.15) is 19.8 Å². The van der Waals surface area contributed by atoms with Gasteiger partial charge in [-0.25, -0.2) is 0 Å². The molecule has 0 aliphatic carbocycles. The van der Waals surface area contributed by atoms with Crippen LogP contribution in [0.25, 0.3) is 10.8 Å². The molecule has 0 bridgehead atoms. The first-order valence-corrected chi connectivity index (χ1v) is 8.84. The summed E-state index contributed by atoms with van der Waals surface area (Å²) < 4.78 is 0. The fourth-order valence-corrected chi connectivity index (χ4v) is 3.65. The number of hydrogen-bond donors (Lipinski definition) is 1. The van der Waals surface area contributed by atoms with Crippen LogP contribution in [0.4, 0.5) is 5.69 Å². The van der Waals surface area contributed by atoms with Gasteiger partial charge in [0.1, 0.15) is 0 Å². The Morgan fingerprint density at radius 1 is 1.25 bits per heavy atom. The van der Waals surface area contributed by atoms with Crippen LogP contribution in [0.3, 0.4) is 0 Å². The number of likely N-dealkylation sites (N-methyl/N-ethyl adjacent to an activating group) is 1. The van der Waals surface area contributed by atoms with Crippen molar-refractivity contribution in [2.45, 2.75) is 19.8 Å². The number of fused-ring (bicyclic) bond motifs is 1. The van der Waals surface area contributed by atoms with Crippen molar-refractivity contribution >= 4 is 22.4 Å². The smallest absolute Gasteiger partial charge is 0.241 e. The van der Waals surface area contributed by atoms with Gasteiger partial charge < -0.3 is 10.0 Å². The summed E-state index contributed by atoms with van der Waals surface area (Å²) in [5.74, 6) is 0.437. The Bertz CT molecular complexity index is 696. The Hall–Kier alpha value is -1.91. The van der Waals surface area contributed by atoms with Gasteiger partial charge in [0.2, 0.25) is 5.91 Å². The number of aliphatic hydroxyl groups excluding tert-OH is 1. The Labute approximate surface area is 143 Å². The first-order valence-electron chi connectivity index (χ1n) is 8.84. The molecule has 0 radical (unpaired) electrons. The van der Waals surface area contributed by atoms with E-state index in [-0.39, 0.29) is 12.5 Å². The third kappa shape index (κ3) is 3.60. The summed E-state index contributed by atoms with van der Waals surface area (Å²) in [5.41, 5.74) is 0.983. The third-order valence-electron chi connectivity index (χ3n) is 4.89. The van der Waals surface area contributed by atoms with Crippen molar-refractivity contribution in [3.63, 3.8) is 0 Å². The number of nitrogens with zero attached hydrogens (tertiary/aromatic N) is 2. The van der Waals surface area contributed by atoms with Crippen molar-refractivity contribution in [2.24, 2.45) is 5.92 Å². The average molecular weight is 326 g/mol. The highest BCUT2D eigenvalue weighted by Crippen LogP contribution is 2.27. The number of anilines is 1. The number of likely N-dealkylation sites (tertiary alicyclic amines) is 1. The number of carbonyl (C=O) groups excluding carboxylic acids is 1. The summed E-state index contributed by atoms with van der Waals surface area (Å²) in [6, 6.07) is 14.3. The first-order chi connectivity index (χ1) is 11.7. The molecular weight excluding hydrogens is 300 g/mol. The van der Waals surface area contributed by atoms with E-state index >= 15 is 0 Å². The van der Waals surface area contributed by atoms with Gasteiger partial charge in [0.15, 0.2) is 0 Å². The zero-order chi connectivity index (χ0) is 16.9. The van der Waals surface area contributed by atoms with Crippen LogP contribution in [0.2, 0.25) is 0 Å². The van der Waals surface area contributed by atoms with E-state index in [1.165, 1.54) is 0 Å². The predicted molar refractivity (Wildman–Crippen MR) is 98.2 cm³/mol. The summed E-state index contributed by atoms with van der Waals surface area (Å²) in [7, 11) is 0. The third-order valence-corrected chi connectivity index (χ3v) is 4.89. The highest BCUT2D eigenvalue weighted by molar-refractivity contribution is 6.04. The van der Waals surface area contributed by atoms with Gasteiger partial charge >= 0.3 is 0 Å². The molecule has 24 heavy (non-hydrogen) atoms. The Morgan fingerprint density at radius 3 is 2.83 bits per heavy atom. The summed E-state index contributed by atoms with van der Waals surface area (Å²) >= 11 is 0. The average Bonchev–Trinajstić information content (AvgIpc) is 2.62. The first kappa shape index (κ1) is 16.9. The molecule has 2 aromatic carbocycles. The van der Waals surface area contributed by atoms with Crippen molar-refractivity contribution in [3.8, 4) is 0 Å². The Morgan fingerprint density at radius 2 is 2.04 bits per heavy atom. The van der Waals surface area contributed by atoms with Gasteiger partial charge in [0.05, 0.1) is 12.2 Å². The summed E-state index contributed by atoms with van der Waals surface area (Å²) in [6.45, 7) is 5.07. The summed E-state index contributed by atoms with van der Waals surface area (Å²) in [4.78, 5) is 17.0. The van der Waals surface area contributed by atoms with Crippen molar-refractivity contribution in [1.82, 2.24) is 4.90 Å². The lowest BCUT2D eigenvalue weighted by Crippen LogP contribution is -2.45. The molecule has 3 rings (SSSR count). The molecule has 1 aliphatic heterocycles. The van der Waals surface area contributed by atoms with E-state index in [1.54, 1.807) is 0 Å². The molecule has 1 atom stereocenters. The van der Waals surface area contributed by atoms with E-state index in [0.717, 1.165) is 42.4 Å². The van der Waals surface area contributed by atoms with Gasteiger partial charge in [0, 0.05) is 25.1 Å². The van der Waals surface area contributed by atoms with E-state index in [1.807, 2.05) is 36.1 Å². The number of amides is 1. The molecule has 0 saturated carbocycles. The fraction of sp³-hybridized carbons (Fsp3) is 0.450. The van der Waals surface area contributed by atoms with Gasteiger partial charge in [-0.2, -0.15) is 0 Å². The van der Waals surface area contributed by atoms with E-state index in [4.69, 9.17) is 0 Å². The molecule has 0 spiro atoms. The molecule has 1 N–H and O–H groups in total. The maximum atomic E-state index is 12.9. The van der Waals surface area contributed by atoms with Crippen LogP contribution in [0.15, 0.2) is 42.5 Å². The van der Waals surface area contributed by atoms with Gasteiger partial charge in [-0.1, -0.05) is 36.4 Å². The molecule has 1 aliphatic rings. The minimum absolute atomic E-state index is 0.132. The van der Waals surface area contributed by atoms with E-state index < -0.39 is 0 Å². The number of hydrogen-bond acceptors (Lipinski definition) is 3. The lowest BCUT2D eigenvalue weighted by atomic mass is 9.99. The van der Waals surface area contributed by atoms with Crippen LogP contribution in [0.5, 0.6) is 0 Å². The summed E-state index contributed by atoms with van der Waals surface area (Å²) in [6.07, 6.45) is 2.11. The normalized spacial score (nSPS) is 18.7. The monoisotopic (exact) mass is 326 g/mol. The molecule has 4 heteroatoms. The summed E-state index contributed by atoms with van der Waals surface area (Å²) in [5, 5.41) is 11.6. The van der Waals surface area contributed by atoms with Crippen molar-refractivity contribution in [3.05, 3.63) is 42.5 Å². The molecule has 0 aromatic heterocycles. The minimum Gasteiger partial charge on any atom is -0.396 e. The lowest BCUT2D eigenvalue weighted by molar-refractivity contribution is -0.120. The molecule has 1 unspecified atom stereocenters. The minimum atomic E-state index is 0.132. The Kier molecular flexibility index (Phi) is 5.48. The zero-order valence-corrected chi connectivity index (χ0v) is 14.3. The molecule has 4 nitrogen and oxygen atoms in total. The van der Waals surface area contributed by atoms with Crippen LogP contribution in [0, 0.1) is 5.92 Å². The van der Waals surface area contributed by atoms with Crippen LogP contribution in [-0.4, -0.2) is 48.7 Å². The van der Waals surface area contributed by atoms with E-state index in [0.29, 0.717) is 19.0 Å². The standard InChI is InChI=1S/C20H26N2O2/c1-2-22(19-11-5-9-17-8-3-4-10-18(17)19)20(24)14-21-12-6-7-16(13-21)15-23/h3-5,8-11,16,23H,2,6-7,12-15H2,1H3. The second kappa shape index (κ2) is 7.77. The van der Waals surface area contributed by atoms with Crippen molar-refractivity contribution in [1.29, 1.82) is 0 Å². The van der Waals surface area contributed by atoms with Gasteiger partial charge in [-0.15, -0.1) is 0 Å². The number of aliphatic hydroxyl groups is 1. The largest absolute Gasteiger partial charge is 0.396 e. The second-order valence-electron chi connectivity index (χ2n) is 6.56. The molecule has 1 fully saturated rings. The maximum absolute atomic E-state index is 12.9. The molecule has 1 saturated heterocycles. The Balaban J connectivity index is 1.79. The number of piperidine rings is 1. The van der Waals surface area contributed by atoms with E-state index in [9.17, 15) is 9.90 Å². The SMILES string of the molecule is CCN(C(=O)CN1CCCC(CO)C1)c1cccc2ccccc12. The highest BCUT2D eigenvalue weighted by Gasteiger charge is 2.24. The molecule has 1 amide bonds. The van der Waals surface area contributed by atoms with Crippen molar-refractivity contribution in [2.75, 3.05) is 37.7 Å². The highest BCUT2D eigenvalue weighted by atomic mass is 16.3. The molecule has 2 aromatic rings. The quantitative estimate of drug-likeness (QED) is 0.919. The predicted octanol–water partition coefficient (Wildman–Crippen LogP) is 2.90. The van der Waals surface area contributed by atoms with E-state index in [2.05, 4.69) is 23.1 Å². The maximum Gasteiger partial charge on any atom is 0.241 e. The van der Waals surface area contributed by atoms with Crippen LogP contribution in [-0.2, 0) is 4.79 Å². The number of carbonyl (C=O) groups is 1. The van der Waals surface area contributed by atoms with Crippen LogP contribution >= 0.6 is 0 Å². The van der Waals surface area contributed by atoms with Crippen molar-refractivity contribution < 1.29 is 9.90 Å². The van der Waals surface area contributed by atoms with Crippen LogP contribution < -0.4 is 4.90 Å². The molecule has 1 heterocycles. The fourth-order valence-electron chi connectivity index (χ4n) is 3.65. The lowest BCUT2D eigenvalue weighted by Gasteiger charge is -2.33. The topological polar surface area (TPSA) is 43.8 Å². The molecule has 128 valence electrons. The van der Waals surface area contributed by atoms with Gasteiger partial charge in [-0.05, 0) is 43.7 Å². The van der Waals surface area contributed by atoms with Gasteiger partial charge in [0.25, 0.3) is 0 Å². The van der Waals surface area contributed by atoms with Gasteiger partial charge in [-0.3, -0.25) is 9.69 Å². The zero-order valence-electron chi connectivity index (χ0n) is 14.3. The molecular formula is C20H26N2O2. The number of rotatable bonds is 5.